The lowest BCUT2D eigenvalue weighted by molar-refractivity contribution is 1.15. The molecule has 0 fully saturated rings. The molecule has 6 heteroatoms. The van der Waals surface area contributed by atoms with Crippen molar-refractivity contribution in [3.05, 3.63) is 176 Å². The van der Waals surface area contributed by atoms with Crippen molar-refractivity contribution in [2.75, 3.05) is 15.1 Å². The molecule has 1 aromatic heterocycles. The van der Waals surface area contributed by atoms with Crippen molar-refractivity contribution in [2.24, 2.45) is 0 Å². The molecule has 8 aromatic carbocycles. The SMILES string of the molecule is c1ccc2c(c1)Nc1cc3c4c5c1B2c1ccccc1N5c1ccccc1B4c1ccccc1N3c1ccccc1-n1c2ccccc2c2ccccc21. The number of fused-ring (bicyclic) bond motifs is 13. The van der Waals surface area contributed by atoms with Gasteiger partial charge in [-0.25, -0.2) is 0 Å². The predicted molar refractivity (Wildman–Crippen MR) is 229 cm³/mol. The standard InChI is InChI=1S/C48H30B2N4/c1-8-22-38-30(15-1)31-16-2-9-23-39(31)52(38)43-27-13-14-28-44(43)53-40-24-10-4-18-33(40)50-35-20-6-12-26-42(35)54-41-25-11-5-19-34(41)49-32-17-3-7-21-36(32)51-37-29-45(53)47(50)48(54)46(37)49/h1-29,51H. The number of para-hydroxylation sites is 8. The van der Waals surface area contributed by atoms with Crippen molar-refractivity contribution in [3.63, 3.8) is 0 Å². The highest BCUT2D eigenvalue weighted by atomic mass is 15.2. The van der Waals surface area contributed by atoms with Crippen LogP contribution < -0.4 is 47.9 Å². The summed E-state index contributed by atoms with van der Waals surface area (Å²) in [5.74, 6) is 0. The maximum absolute atomic E-state index is 3.97. The molecule has 4 aliphatic heterocycles. The highest BCUT2D eigenvalue weighted by Gasteiger charge is 2.50. The second-order valence-corrected chi connectivity index (χ2v) is 14.9. The van der Waals surface area contributed by atoms with Gasteiger partial charge in [-0.15, -0.1) is 0 Å². The van der Waals surface area contributed by atoms with E-state index in [1.807, 2.05) is 0 Å². The van der Waals surface area contributed by atoms with Gasteiger partial charge in [-0.3, -0.25) is 0 Å². The van der Waals surface area contributed by atoms with Gasteiger partial charge in [-0.2, -0.15) is 0 Å². The Morgan fingerprint density at radius 2 is 0.815 bits per heavy atom. The second-order valence-electron chi connectivity index (χ2n) is 14.9. The lowest BCUT2D eigenvalue weighted by Crippen LogP contribution is -2.68. The van der Waals surface area contributed by atoms with Gasteiger partial charge in [0.05, 0.1) is 22.4 Å². The molecule has 0 aliphatic carbocycles. The Bertz CT molecular complexity index is 3030. The van der Waals surface area contributed by atoms with Crippen LogP contribution in [0.15, 0.2) is 176 Å². The number of hydrogen-bond donors (Lipinski definition) is 1. The Morgan fingerprint density at radius 3 is 1.44 bits per heavy atom. The average molecular weight is 684 g/mol. The van der Waals surface area contributed by atoms with E-state index in [0.29, 0.717) is 0 Å². The van der Waals surface area contributed by atoms with Crippen LogP contribution in [0.1, 0.15) is 0 Å². The van der Waals surface area contributed by atoms with Gasteiger partial charge in [0.25, 0.3) is 13.4 Å². The lowest BCUT2D eigenvalue weighted by atomic mass is 9.29. The molecule has 4 nitrogen and oxygen atoms in total. The molecule has 0 radical (unpaired) electrons. The van der Waals surface area contributed by atoms with Gasteiger partial charge in [0.2, 0.25) is 0 Å². The summed E-state index contributed by atoms with van der Waals surface area (Å²) in [7, 11) is 0. The van der Waals surface area contributed by atoms with Gasteiger partial charge in [-0.1, -0.05) is 121 Å². The first-order valence-corrected chi connectivity index (χ1v) is 18.9. The fourth-order valence-electron chi connectivity index (χ4n) is 10.3. The summed E-state index contributed by atoms with van der Waals surface area (Å²) in [5.41, 5.74) is 21.4. The minimum atomic E-state index is 0.0729. The average Bonchev–Trinajstić information content (AvgIpc) is 3.57. The highest BCUT2D eigenvalue weighted by Crippen LogP contribution is 2.48. The minimum Gasteiger partial charge on any atom is -0.356 e. The van der Waals surface area contributed by atoms with Crippen LogP contribution in [0.3, 0.4) is 0 Å². The zero-order chi connectivity index (χ0) is 35.1. The molecule has 0 atom stereocenters. The third-order valence-electron chi connectivity index (χ3n) is 12.4. The summed E-state index contributed by atoms with van der Waals surface area (Å²) in [6, 6.07) is 65.2. The lowest BCUT2D eigenvalue weighted by Gasteiger charge is -2.49. The van der Waals surface area contributed by atoms with Crippen LogP contribution in [0.25, 0.3) is 27.5 Å². The minimum absolute atomic E-state index is 0.0729. The number of anilines is 8. The Balaban J connectivity index is 1.17. The molecule has 54 heavy (non-hydrogen) atoms. The Labute approximate surface area is 313 Å². The van der Waals surface area contributed by atoms with Gasteiger partial charge < -0.3 is 19.7 Å². The Hall–Kier alpha value is -6.91. The van der Waals surface area contributed by atoms with Crippen molar-refractivity contribution >= 4 is 114 Å². The fourth-order valence-corrected chi connectivity index (χ4v) is 10.3. The van der Waals surface area contributed by atoms with Crippen molar-refractivity contribution in [3.8, 4) is 5.69 Å². The number of nitrogens with one attached hydrogen (secondary N) is 1. The molecular weight excluding hydrogens is 654 g/mol. The van der Waals surface area contributed by atoms with Gasteiger partial charge in [-0.05, 0) is 87.4 Å². The van der Waals surface area contributed by atoms with E-state index >= 15 is 0 Å². The van der Waals surface area contributed by atoms with E-state index in [0.717, 1.165) is 11.4 Å². The van der Waals surface area contributed by atoms with Crippen molar-refractivity contribution in [1.82, 2.24) is 4.57 Å². The third kappa shape index (κ3) is 3.51. The molecule has 4 aliphatic rings. The molecule has 0 saturated heterocycles. The summed E-state index contributed by atoms with van der Waals surface area (Å²) in [6.45, 7) is 0.190. The number of benzene rings is 8. The molecule has 0 amide bonds. The fraction of sp³-hybridized carbons (Fsp3) is 0. The zero-order valence-electron chi connectivity index (χ0n) is 29.2. The van der Waals surface area contributed by atoms with Crippen LogP contribution in [0, 0.1) is 0 Å². The van der Waals surface area contributed by atoms with Crippen molar-refractivity contribution in [2.45, 2.75) is 0 Å². The topological polar surface area (TPSA) is 23.4 Å². The maximum Gasteiger partial charge on any atom is 0.252 e. The molecule has 0 unspecified atom stereocenters. The number of hydrogen-bond acceptors (Lipinski definition) is 3. The van der Waals surface area contributed by atoms with Gasteiger partial charge >= 0.3 is 0 Å². The molecule has 0 saturated carbocycles. The first-order chi connectivity index (χ1) is 26.8. The molecule has 0 bridgehead atoms. The van der Waals surface area contributed by atoms with E-state index in [1.54, 1.807) is 0 Å². The molecule has 13 rings (SSSR count). The molecule has 0 spiro atoms. The molecule has 5 heterocycles. The van der Waals surface area contributed by atoms with E-state index in [9.17, 15) is 0 Å². The van der Waals surface area contributed by atoms with E-state index < -0.39 is 0 Å². The molecule has 1 N–H and O–H groups in total. The monoisotopic (exact) mass is 684 g/mol. The predicted octanol–water partition coefficient (Wildman–Crippen LogP) is 7.75. The smallest absolute Gasteiger partial charge is 0.252 e. The Kier molecular flexibility index (Phi) is 5.50. The van der Waals surface area contributed by atoms with Crippen LogP contribution in [-0.2, 0) is 0 Å². The number of aromatic nitrogens is 1. The third-order valence-corrected chi connectivity index (χ3v) is 12.4. The summed E-state index contributed by atoms with van der Waals surface area (Å²) in [4.78, 5) is 5.14. The molecule has 248 valence electrons. The van der Waals surface area contributed by atoms with Crippen LogP contribution in [-0.4, -0.2) is 18.0 Å². The maximum atomic E-state index is 3.97. The quantitative estimate of drug-likeness (QED) is 0.189. The van der Waals surface area contributed by atoms with E-state index in [1.165, 1.54) is 94.4 Å². The van der Waals surface area contributed by atoms with Crippen LogP contribution in [0.2, 0.25) is 0 Å². The van der Waals surface area contributed by atoms with Gasteiger partial charge in [0, 0.05) is 50.6 Å². The van der Waals surface area contributed by atoms with E-state index in [2.05, 4.69) is 196 Å². The molecule has 9 aromatic rings. The normalized spacial score (nSPS) is 13.9. The largest absolute Gasteiger partial charge is 0.356 e. The van der Waals surface area contributed by atoms with Crippen LogP contribution in [0.4, 0.5) is 45.5 Å². The summed E-state index contributed by atoms with van der Waals surface area (Å²) >= 11 is 0. The van der Waals surface area contributed by atoms with Crippen molar-refractivity contribution < 1.29 is 0 Å². The summed E-state index contributed by atoms with van der Waals surface area (Å²) in [5, 5.41) is 6.49. The zero-order valence-corrected chi connectivity index (χ0v) is 29.2. The Morgan fingerprint density at radius 1 is 0.352 bits per heavy atom. The van der Waals surface area contributed by atoms with Crippen LogP contribution in [0.5, 0.6) is 0 Å². The second kappa shape index (κ2) is 10.4. The van der Waals surface area contributed by atoms with E-state index in [-0.39, 0.29) is 13.4 Å². The van der Waals surface area contributed by atoms with Gasteiger partial charge in [0.1, 0.15) is 0 Å². The highest BCUT2D eigenvalue weighted by molar-refractivity contribution is 7.04. The van der Waals surface area contributed by atoms with Gasteiger partial charge in [0.15, 0.2) is 0 Å². The number of nitrogens with zero attached hydrogens (tertiary/aromatic N) is 3. The molecular formula is C48H30B2N4. The summed E-state index contributed by atoms with van der Waals surface area (Å²) < 4.78 is 2.46. The first-order valence-electron chi connectivity index (χ1n) is 18.9. The van der Waals surface area contributed by atoms with E-state index in [4.69, 9.17) is 0 Å². The van der Waals surface area contributed by atoms with Crippen molar-refractivity contribution in [1.29, 1.82) is 0 Å². The van der Waals surface area contributed by atoms with Crippen LogP contribution >= 0.6 is 0 Å². The number of rotatable bonds is 2. The first kappa shape index (κ1) is 28.6. The summed E-state index contributed by atoms with van der Waals surface area (Å²) in [6.07, 6.45) is 0.